The van der Waals surface area contributed by atoms with E-state index in [0.29, 0.717) is 29.0 Å². The van der Waals surface area contributed by atoms with Crippen molar-refractivity contribution in [2.75, 3.05) is 17.2 Å². The lowest BCUT2D eigenvalue weighted by Crippen LogP contribution is -2.22. The number of ether oxygens (including phenoxy) is 2. The first kappa shape index (κ1) is 26.1. The molecule has 2 N–H and O–H groups in total. The third-order valence-electron chi connectivity index (χ3n) is 5.28. The molecule has 36 heavy (non-hydrogen) atoms. The van der Waals surface area contributed by atoms with Crippen molar-refractivity contribution in [2.24, 2.45) is 0 Å². The van der Waals surface area contributed by atoms with E-state index in [0.717, 1.165) is 5.56 Å². The van der Waals surface area contributed by atoms with E-state index in [9.17, 15) is 14.4 Å². The Labute approximate surface area is 209 Å². The van der Waals surface area contributed by atoms with Gasteiger partial charge in [-0.05, 0) is 60.9 Å². The lowest BCUT2D eigenvalue weighted by atomic mass is 10.0. The number of benzene rings is 3. The van der Waals surface area contributed by atoms with Crippen LogP contribution < -0.4 is 15.4 Å². The third-order valence-corrected chi connectivity index (χ3v) is 5.28. The molecular formula is C28H27N3O5. The zero-order valence-electron chi connectivity index (χ0n) is 20.3. The first-order chi connectivity index (χ1) is 17.3. The number of anilines is 2. The van der Waals surface area contributed by atoms with Gasteiger partial charge in [-0.2, -0.15) is 5.26 Å². The van der Waals surface area contributed by atoms with Gasteiger partial charge in [0.05, 0.1) is 23.0 Å². The van der Waals surface area contributed by atoms with Crippen molar-refractivity contribution in [1.82, 2.24) is 0 Å². The van der Waals surface area contributed by atoms with Gasteiger partial charge in [0.25, 0.3) is 18.1 Å². The largest absolute Gasteiger partial charge is 0.458 e. The number of hydrogen-bond acceptors (Lipinski definition) is 6. The second-order valence-corrected chi connectivity index (χ2v) is 8.16. The number of carbonyl (C=O) groups is 3. The highest BCUT2D eigenvalue weighted by molar-refractivity contribution is 6.10. The minimum atomic E-state index is -1.11. The van der Waals surface area contributed by atoms with Gasteiger partial charge in [-0.1, -0.05) is 32.0 Å². The summed E-state index contributed by atoms with van der Waals surface area (Å²) in [6.45, 7) is 6.14. The Bertz CT molecular complexity index is 1280. The van der Waals surface area contributed by atoms with Crippen molar-refractivity contribution in [1.29, 1.82) is 5.26 Å². The smallest absolute Gasteiger partial charge is 0.256 e. The number of aldehydes is 1. The molecule has 1 atom stereocenters. The zero-order valence-corrected chi connectivity index (χ0v) is 20.3. The molecule has 3 aromatic carbocycles. The van der Waals surface area contributed by atoms with Crippen LogP contribution in [0.3, 0.4) is 0 Å². The van der Waals surface area contributed by atoms with Crippen molar-refractivity contribution in [3.8, 4) is 11.8 Å². The van der Waals surface area contributed by atoms with Crippen LogP contribution >= 0.6 is 0 Å². The summed E-state index contributed by atoms with van der Waals surface area (Å²) in [5, 5.41) is 14.7. The van der Waals surface area contributed by atoms with Gasteiger partial charge in [0.1, 0.15) is 5.75 Å². The molecule has 8 nitrogen and oxygen atoms in total. The van der Waals surface area contributed by atoms with E-state index in [1.807, 2.05) is 18.2 Å². The van der Waals surface area contributed by atoms with Crippen molar-refractivity contribution < 1.29 is 23.9 Å². The monoisotopic (exact) mass is 485 g/mol. The minimum absolute atomic E-state index is 0.260. The molecule has 0 saturated carbocycles. The average Bonchev–Trinajstić information content (AvgIpc) is 2.89. The molecule has 8 heteroatoms. The molecular weight excluding hydrogens is 458 g/mol. The fourth-order valence-electron chi connectivity index (χ4n) is 3.35. The van der Waals surface area contributed by atoms with Gasteiger partial charge in [0, 0.05) is 23.8 Å². The molecule has 184 valence electrons. The molecule has 3 rings (SSSR count). The molecule has 0 radical (unpaired) electrons. The topological polar surface area (TPSA) is 118 Å². The van der Waals surface area contributed by atoms with Crippen LogP contribution in [-0.2, 0) is 9.53 Å². The summed E-state index contributed by atoms with van der Waals surface area (Å²) in [6, 6.07) is 20.1. The number of rotatable bonds is 10. The van der Waals surface area contributed by atoms with Gasteiger partial charge >= 0.3 is 0 Å². The number of amides is 2. The highest BCUT2D eigenvalue weighted by Gasteiger charge is 2.16. The van der Waals surface area contributed by atoms with E-state index < -0.39 is 12.2 Å². The van der Waals surface area contributed by atoms with Gasteiger partial charge in [-0.3, -0.25) is 14.4 Å². The maximum Gasteiger partial charge on any atom is 0.256 e. The van der Waals surface area contributed by atoms with Crippen LogP contribution in [0.15, 0.2) is 66.7 Å². The van der Waals surface area contributed by atoms with Crippen LogP contribution in [0.2, 0.25) is 0 Å². The number of nitriles is 1. The molecule has 3 aromatic rings. The second-order valence-electron chi connectivity index (χ2n) is 8.16. The standard InChI is InChI=1S/C28H27N3O5/c1-4-35-26(17-32)36-23-12-13-24(30-28(34)22-7-5-6-19(14-22)16-29)25(15-23)31-27(33)21-10-8-20(9-11-21)18(2)3/h5-15,17-18,26H,4H2,1-3H3,(H,30,34)(H,31,33). The SMILES string of the molecule is CCOC(C=O)Oc1ccc(NC(=O)c2cccc(C#N)c2)c(NC(=O)c2ccc(C(C)C)cc2)c1. The number of nitrogens with zero attached hydrogens (tertiary/aromatic N) is 1. The summed E-state index contributed by atoms with van der Waals surface area (Å²) in [4.78, 5) is 37.1. The molecule has 0 bridgehead atoms. The van der Waals surface area contributed by atoms with E-state index in [2.05, 4.69) is 24.5 Å². The summed E-state index contributed by atoms with van der Waals surface area (Å²) >= 11 is 0. The molecule has 0 aliphatic carbocycles. The fraction of sp³-hybridized carbons (Fsp3) is 0.214. The molecule has 0 aliphatic rings. The van der Waals surface area contributed by atoms with Crippen molar-refractivity contribution in [3.05, 3.63) is 89.0 Å². The summed E-state index contributed by atoms with van der Waals surface area (Å²) in [6.07, 6.45) is -0.591. The van der Waals surface area contributed by atoms with Crippen LogP contribution in [0.25, 0.3) is 0 Å². The molecule has 0 spiro atoms. The molecule has 0 saturated heterocycles. The summed E-state index contributed by atoms with van der Waals surface area (Å²) in [5.74, 6) is -0.261. The van der Waals surface area contributed by atoms with Crippen LogP contribution in [-0.4, -0.2) is 31.0 Å². The van der Waals surface area contributed by atoms with Gasteiger partial charge in [-0.25, -0.2) is 0 Å². The molecule has 0 fully saturated rings. The van der Waals surface area contributed by atoms with E-state index in [1.54, 1.807) is 49.4 Å². The van der Waals surface area contributed by atoms with Crippen LogP contribution in [0, 0.1) is 11.3 Å². The normalized spacial score (nSPS) is 11.3. The van der Waals surface area contributed by atoms with Crippen molar-refractivity contribution in [2.45, 2.75) is 33.0 Å². The first-order valence-electron chi connectivity index (χ1n) is 11.4. The fourth-order valence-corrected chi connectivity index (χ4v) is 3.35. The maximum atomic E-state index is 13.0. The molecule has 0 aliphatic heterocycles. The molecule has 1 unspecified atom stereocenters. The molecule has 2 amide bonds. The minimum Gasteiger partial charge on any atom is -0.458 e. The Balaban J connectivity index is 1.90. The number of hydrogen-bond donors (Lipinski definition) is 2. The van der Waals surface area contributed by atoms with Crippen molar-refractivity contribution >= 4 is 29.5 Å². The van der Waals surface area contributed by atoms with Crippen LogP contribution in [0.4, 0.5) is 11.4 Å². The quantitative estimate of drug-likeness (QED) is 0.304. The van der Waals surface area contributed by atoms with Crippen molar-refractivity contribution in [3.63, 3.8) is 0 Å². The third kappa shape index (κ3) is 6.78. The van der Waals surface area contributed by atoms with Gasteiger partial charge in [-0.15, -0.1) is 0 Å². The summed E-state index contributed by atoms with van der Waals surface area (Å²) < 4.78 is 10.8. The maximum absolute atomic E-state index is 13.0. The van der Waals surface area contributed by atoms with Gasteiger partial charge in [0.2, 0.25) is 0 Å². The lowest BCUT2D eigenvalue weighted by Gasteiger charge is -2.17. The van der Waals surface area contributed by atoms with E-state index in [-0.39, 0.29) is 29.5 Å². The summed E-state index contributed by atoms with van der Waals surface area (Å²) in [7, 11) is 0. The second kappa shape index (κ2) is 12.3. The zero-order chi connectivity index (χ0) is 26.1. The number of nitrogens with one attached hydrogen (secondary N) is 2. The van der Waals surface area contributed by atoms with E-state index in [1.165, 1.54) is 12.1 Å². The predicted octanol–water partition coefficient (Wildman–Crippen LogP) is 5.13. The van der Waals surface area contributed by atoms with Gasteiger partial charge in [0.15, 0.2) is 6.29 Å². The van der Waals surface area contributed by atoms with Gasteiger partial charge < -0.3 is 20.1 Å². The van der Waals surface area contributed by atoms with Crippen LogP contribution in [0.5, 0.6) is 5.75 Å². The Hall–Kier alpha value is -4.48. The van der Waals surface area contributed by atoms with E-state index >= 15 is 0 Å². The highest BCUT2D eigenvalue weighted by atomic mass is 16.7. The Morgan fingerprint density at radius 2 is 1.64 bits per heavy atom. The Morgan fingerprint density at radius 1 is 0.944 bits per heavy atom. The molecule has 0 heterocycles. The average molecular weight is 486 g/mol. The number of carbonyl (C=O) groups excluding carboxylic acids is 3. The Kier molecular flexibility index (Phi) is 8.92. The van der Waals surface area contributed by atoms with E-state index in [4.69, 9.17) is 14.7 Å². The van der Waals surface area contributed by atoms with Crippen LogP contribution in [0.1, 0.15) is 58.5 Å². The lowest BCUT2D eigenvalue weighted by molar-refractivity contribution is -0.136. The highest BCUT2D eigenvalue weighted by Crippen LogP contribution is 2.29. The summed E-state index contributed by atoms with van der Waals surface area (Å²) in [5.41, 5.74) is 2.74. The predicted molar refractivity (Wildman–Crippen MR) is 136 cm³/mol. The Morgan fingerprint density at radius 3 is 2.28 bits per heavy atom. The molecule has 0 aromatic heterocycles. The first-order valence-corrected chi connectivity index (χ1v) is 11.4.